The predicted octanol–water partition coefficient (Wildman–Crippen LogP) is 2.69. The van der Waals surface area contributed by atoms with Crippen molar-refractivity contribution >= 4 is 39.6 Å². The third-order valence-electron chi connectivity index (χ3n) is 6.05. The van der Waals surface area contributed by atoms with Gasteiger partial charge in [0.05, 0.1) is 25.4 Å². The van der Waals surface area contributed by atoms with E-state index >= 15 is 0 Å². The molecule has 2 aromatic carbocycles. The fourth-order valence-electron chi connectivity index (χ4n) is 4.14. The number of hydrogen-bond acceptors (Lipinski definition) is 9. The van der Waals surface area contributed by atoms with Crippen LogP contribution < -0.4 is 20.1 Å². The molecule has 0 unspecified atom stereocenters. The molecule has 1 fully saturated rings. The number of piperidine rings is 1. The van der Waals surface area contributed by atoms with Crippen LogP contribution >= 0.6 is 0 Å². The monoisotopic (exact) mass is 572 g/mol. The largest absolute Gasteiger partial charge is 0.489 e. The number of nitrogen functional groups attached to an aromatic ring is 1. The summed E-state index contributed by atoms with van der Waals surface area (Å²) in [6, 6.07) is 11.4. The number of esters is 2. The van der Waals surface area contributed by atoms with Gasteiger partial charge < -0.3 is 25.3 Å². The number of sulfonamides is 1. The van der Waals surface area contributed by atoms with Crippen molar-refractivity contribution in [2.75, 3.05) is 42.9 Å². The van der Waals surface area contributed by atoms with Crippen molar-refractivity contribution in [2.24, 2.45) is 5.73 Å². The molecule has 0 radical (unpaired) electrons. The number of benzene rings is 2. The van der Waals surface area contributed by atoms with Crippen molar-refractivity contribution in [1.29, 1.82) is 5.41 Å². The van der Waals surface area contributed by atoms with Crippen molar-refractivity contribution in [3.63, 3.8) is 0 Å². The quantitative estimate of drug-likeness (QED) is 0.186. The first kappa shape index (κ1) is 30.6. The van der Waals surface area contributed by atoms with Crippen molar-refractivity contribution < 1.29 is 32.2 Å². The van der Waals surface area contributed by atoms with Crippen LogP contribution in [0.1, 0.15) is 48.2 Å². The summed E-state index contributed by atoms with van der Waals surface area (Å²) in [5.74, 6) is -2.20. The molecule has 1 saturated heterocycles. The average molecular weight is 573 g/mol. The molecule has 3 rings (SSSR count). The SMILES string of the molecule is CCOC(=O)CS(=O)(=O)N(C/C=C/c1cccc(C(=N)N)c1)c1ccc(OC2CCNCC2)c(C(=O)OCC)c1. The number of ether oxygens (including phenoxy) is 3. The summed E-state index contributed by atoms with van der Waals surface area (Å²) in [7, 11) is -4.22. The first-order chi connectivity index (χ1) is 19.1. The minimum absolute atomic E-state index is 0.0382. The summed E-state index contributed by atoms with van der Waals surface area (Å²) in [4.78, 5) is 25.0. The first-order valence-corrected chi connectivity index (χ1v) is 14.7. The van der Waals surface area contributed by atoms with Gasteiger partial charge in [-0.25, -0.2) is 13.2 Å². The van der Waals surface area contributed by atoms with E-state index in [-0.39, 0.29) is 42.9 Å². The van der Waals surface area contributed by atoms with Crippen molar-refractivity contribution in [1.82, 2.24) is 5.32 Å². The van der Waals surface area contributed by atoms with Gasteiger partial charge in [-0.15, -0.1) is 0 Å². The number of nitrogens with one attached hydrogen (secondary N) is 2. The predicted molar refractivity (Wildman–Crippen MR) is 153 cm³/mol. The Bertz CT molecular complexity index is 1340. The van der Waals surface area contributed by atoms with Gasteiger partial charge in [0.2, 0.25) is 10.0 Å². The highest BCUT2D eigenvalue weighted by atomic mass is 32.2. The van der Waals surface area contributed by atoms with Gasteiger partial charge in [-0.2, -0.15) is 0 Å². The lowest BCUT2D eigenvalue weighted by Gasteiger charge is -2.26. The van der Waals surface area contributed by atoms with E-state index in [9.17, 15) is 18.0 Å². The molecule has 216 valence electrons. The molecule has 1 aliphatic rings. The van der Waals surface area contributed by atoms with Crippen LogP contribution in [-0.4, -0.2) is 70.9 Å². The minimum Gasteiger partial charge on any atom is -0.489 e. The second kappa shape index (κ2) is 14.5. The zero-order valence-electron chi connectivity index (χ0n) is 22.7. The molecule has 4 N–H and O–H groups in total. The zero-order chi connectivity index (χ0) is 29.1. The Balaban J connectivity index is 1.98. The molecule has 40 heavy (non-hydrogen) atoms. The van der Waals surface area contributed by atoms with E-state index in [2.05, 4.69) is 5.32 Å². The van der Waals surface area contributed by atoms with E-state index in [0.717, 1.165) is 30.2 Å². The maximum atomic E-state index is 13.4. The highest BCUT2D eigenvalue weighted by Crippen LogP contribution is 2.30. The maximum absolute atomic E-state index is 13.4. The molecule has 1 heterocycles. The van der Waals surface area contributed by atoms with Gasteiger partial charge in [-0.3, -0.25) is 14.5 Å². The number of rotatable bonds is 13. The second-order valence-electron chi connectivity index (χ2n) is 9.00. The zero-order valence-corrected chi connectivity index (χ0v) is 23.5. The van der Waals surface area contributed by atoms with Crippen molar-refractivity contribution in [2.45, 2.75) is 32.8 Å². The molecule has 2 aromatic rings. The maximum Gasteiger partial charge on any atom is 0.341 e. The number of carbonyl (C=O) groups excluding carboxylic acids is 2. The summed E-state index contributed by atoms with van der Waals surface area (Å²) in [6.07, 6.45) is 4.71. The standard InChI is InChI=1S/C28H36N4O7S/c1-3-37-26(33)19-40(35,36)32(16-6-8-20-7-5-9-21(17-20)27(29)30)22-10-11-25(24(18-22)28(34)38-4-2)39-23-12-14-31-15-13-23/h5-11,17-18,23,31H,3-4,12-16,19H2,1-2H3,(H3,29,30)/b8-6+. The Labute approximate surface area is 234 Å². The van der Waals surface area contributed by atoms with Gasteiger partial charge >= 0.3 is 11.9 Å². The molecule has 0 spiro atoms. The van der Waals surface area contributed by atoms with E-state index < -0.39 is 27.7 Å². The van der Waals surface area contributed by atoms with Gasteiger partial charge in [0.25, 0.3) is 0 Å². The Morgan fingerprint density at radius 3 is 2.50 bits per heavy atom. The highest BCUT2D eigenvalue weighted by molar-refractivity contribution is 7.93. The lowest BCUT2D eigenvalue weighted by molar-refractivity contribution is -0.139. The van der Waals surface area contributed by atoms with Crippen LogP contribution in [0.3, 0.4) is 0 Å². The third kappa shape index (κ3) is 8.55. The normalized spacial score (nSPS) is 14.1. The second-order valence-corrected chi connectivity index (χ2v) is 10.9. The Kier molecular flexibility index (Phi) is 11.1. The fraction of sp³-hybridized carbons (Fsp3) is 0.393. The topological polar surface area (TPSA) is 161 Å². The molecule has 1 aliphatic heterocycles. The van der Waals surface area contributed by atoms with E-state index in [1.54, 1.807) is 56.3 Å². The molecular formula is C28H36N4O7S. The molecule has 0 amide bonds. The van der Waals surface area contributed by atoms with E-state index in [0.29, 0.717) is 16.9 Å². The molecular weight excluding hydrogens is 536 g/mol. The van der Waals surface area contributed by atoms with Crippen LogP contribution in [0.5, 0.6) is 5.75 Å². The number of anilines is 1. The van der Waals surface area contributed by atoms with Crippen LogP contribution in [0.2, 0.25) is 0 Å². The molecule has 0 aliphatic carbocycles. The summed E-state index contributed by atoms with van der Waals surface area (Å²) in [5.41, 5.74) is 7.05. The van der Waals surface area contributed by atoms with E-state index in [4.69, 9.17) is 25.4 Å². The van der Waals surface area contributed by atoms with Crippen molar-refractivity contribution in [3.8, 4) is 5.75 Å². The van der Waals surface area contributed by atoms with Crippen LogP contribution in [0.15, 0.2) is 48.5 Å². The lowest BCUT2D eigenvalue weighted by atomic mass is 10.1. The summed E-state index contributed by atoms with van der Waals surface area (Å²) in [6.45, 7) is 4.87. The molecule has 0 saturated carbocycles. The summed E-state index contributed by atoms with van der Waals surface area (Å²) in [5, 5.41) is 10.9. The molecule has 11 nitrogen and oxygen atoms in total. The number of amidine groups is 1. The van der Waals surface area contributed by atoms with Gasteiger partial charge in [0.15, 0.2) is 5.75 Å². The molecule has 0 bridgehead atoms. The number of hydrogen-bond donors (Lipinski definition) is 3. The fourth-order valence-corrected chi connectivity index (χ4v) is 5.43. The van der Waals surface area contributed by atoms with Crippen LogP contribution in [0.4, 0.5) is 5.69 Å². The lowest BCUT2D eigenvalue weighted by Crippen LogP contribution is -2.36. The van der Waals surface area contributed by atoms with Gasteiger partial charge in [-0.05, 0) is 69.6 Å². The van der Waals surface area contributed by atoms with Gasteiger partial charge in [-0.1, -0.05) is 30.4 Å². The van der Waals surface area contributed by atoms with E-state index in [1.807, 2.05) is 0 Å². The molecule has 0 aromatic heterocycles. The Hall–Kier alpha value is -3.90. The van der Waals surface area contributed by atoms with Crippen molar-refractivity contribution in [3.05, 3.63) is 65.2 Å². The highest BCUT2D eigenvalue weighted by Gasteiger charge is 2.28. The van der Waals surface area contributed by atoms with Crippen LogP contribution in [0.25, 0.3) is 6.08 Å². The number of nitrogens with two attached hydrogens (primary N) is 1. The van der Waals surface area contributed by atoms with Crippen LogP contribution in [0, 0.1) is 5.41 Å². The smallest absolute Gasteiger partial charge is 0.341 e. The van der Waals surface area contributed by atoms with Crippen LogP contribution in [-0.2, 0) is 24.3 Å². The Morgan fingerprint density at radius 2 is 1.82 bits per heavy atom. The van der Waals surface area contributed by atoms with E-state index in [1.165, 1.54) is 12.1 Å². The average Bonchev–Trinajstić information content (AvgIpc) is 2.92. The minimum atomic E-state index is -4.22. The Morgan fingerprint density at radius 1 is 1.10 bits per heavy atom. The molecule has 0 atom stereocenters. The van der Waals surface area contributed by atoms with Gasteiger partial charge in [0, 0.05) is 5.56 Å². The van der Waals surface area contributed by atoms with Gasteiger partial charge in [0.1, 0.15) is 23.3 Å². The summed E-state index contributed by atoms with van der Waals surface area (Å²) >= 11 is 0. The number of carbonyl (C=O) groups is 2. The summed E-state index contributed by atoms with van der Waals surface area (Å²) < 4.78 is 44.1. The first-order valence-electron chi connectivity index (χ1n) is 13.1. The molecule has 12 heteroatoms. The number of nitrogens with zero attached hydrogens (tertiary/aromatic N) is 1. The third-order valence-corrected chi connectivity index (χ3v) is 7.68.